The van der Waals surface area contributed by atoms with Crippen molar-refractivity contribution in [3.63, 3.8) is 0 Å². The van der Waals surface area contributed by atoms with Gasteiger partial charge in [-0.25, -0.2) is 4.98 Å². The summed E-state index contributed by atoms with van der Waals surface area (Å²) in [5, 5.41) is 5.45. The van der Waals surface area contributed by atoms with Gasteiger partial charge in [0.05, 0.1) is 18.7 Å². The van der Waals surface area contributed by atoms with Gasteiger partial charge in [0.1, 0.15) is 18.1 Å². The highest BCUT2D eigenvalue weighted by atomic mass is 32.1. The molecule has 1 N–H and O–H groups in total. The van der Waals surface area contributed by atoms with E-state index in [1.807, 2.05) is 53.9 Å². The van der Waals surface area contributed by atoms with Crippen molar-refractivity contribution in [1.29, 1.82) is 0 Å². The molecule has 3 aromatic rings. The smallest absolute Gasteiger partial charge is 0.233 e. The highest BCUT2D eigenvalue weighted by Gasteiger charge is 2.26. The van der Waals surface area contributed by atoms with Crippen LogP contribution in [0.3, 0.4) is 0 Å². The summed E-state index contributed by atoms with van der Waals surface area (Å²) in [6.07, 6.45) is 0.679. The Kier molecular flexibility index (Phi) is 4.58. The van der Waals surface area contributed by atoms with Crippen LogP contribution in [0.4, 0.5) is 5.13 Å². The third-order valence-electron chi connectivity index (χ3n) is 4.37. The van der Waals surface area contributed by atoms with E-state index < -0.39 is 0 Å². The Bertz CT molecular complexity index is 921. The third-order valence-corrected chi connectivity index (χ3v) is 5.13. The second kappa shape index (κ2) is 7.17. The molecule has 132 valence electrons. The number of aromatic nitrogens is 1. The average molecular weight is 366 g/mol. The van der Waals surface area contributed by atoms with E-state index in [1.54, 1.807) is 7.11 Å². The molecule has 4 rings (SSSR count). The third kappa shape index (κ3) is 3.41. The van der Waals surface area contributed by atoms with Crippen molar-refractivity contribution in [2.24, 2.45) is 5.92 Å². The Morgan fingerprint density at radius 1 is 1.23 bits per heavy atom. The van der Waals surface area contributed by atoms with Crippen LogP contribution < -0.4 is 14.8 Å². The van der Waals surface area contributed by atoms with E-state index in [0.29, 0.717) is 18.2 Å². The predicted octanol–water partition coefficient (Wildman–Crippen LogP) is 4.01. The summed E-state index contributed by atoms with van der Waals surface area (Å²) in [7, 11) is 1.64. The molecule has 0 unspecified atom stereocenters. The van der Waals surface area contributed by atoms with Crippen LogP contribution in [-0.4, -0.2) is 24.6 Å². The molecule has 0 saturated carbocycles. The molecule has 1 aromatic heterocycles. The van der Waals surface area contributed by atoms with Crippen molar-refractivity contribution in [3.05, 3.63) is 59.5 Å². The molecule has 1 aliphatic heterocycles. The molecule has 1 atom stereocenters. The summed E-state index contributed by atoms with van der Waals surface area (Å²) in [6.45, 7) is 0.388. The first-order valence-electron chi connectivity index (χ1n) is 8.34. The minimum absolute atomic E-state index is 0.0601. The van der Waals surface area contributed by atoms with E-state index in [-0.39, 0.29) is 11.8 Å². The number of anilines is 1. The molecular formula is C20H18N2O3S. The molecule has 2 aromatic carbocycles. The van der Waals surface area contributed by atoms with Crippen LogP contribution in [0.2, 0.25) is 0 Å². The molecule has 0 radical (unpaired) electrons. The summed E-state index contributed by atoms with van der Waals surface area (Å²) in [4.78, 5) is 17.1. The molecule has 26 heavy (non-hydrogen) atoms. The van der Waals surface area contributed by atoms with Gasteiger partial charge in [-0.2, -0.15) is 0 Å². The minimum atomic E-state index is -0.210. The maximum atomic E-state index is 12.6. The number of hydrogen-bond acceptors (Lipinski definition) is 5. The van der Waals surface area contributed by atoms with E-state index in [4.69, 9.17) is 9.47 Å². The number of ether oxygens (including phenoxy) is 2. The maximum absolute atomic E-state index is 12.6. The number of nitrogens with one attached hydrogen (secondary N) is 1. The van der Waals surface area contributed by atoms with E-state index >= 15 is 0 Å². The zero-order valence-electron chi connectivity index (χ0n) is 14.3. The van der Waals surface area contributed by atoms with Gasteiger partial charge >= 0.3 is 0 Å². The van der Waals surface area contributed by atoms with Crippen LogP contribution in [0.1, 0.15) is 5.56 Å². The summed E-state index contributed by atoms with van der Waals surface area (Å²) >= 11 is 1.42. The number of para-hydroxylation sites is 1. The number of fused-ring (bicyclic) bond motifs is 1. The SMILES string of the molecule is COc1ccc(-c2csc(NC(=O)[C@H]3COc4ccccc4C3)n2)cc1. The van der Waals surface area contributed by atoms with Crippen LogP contribution >= 0.6 is 11.3 Å². The number of carbonyl (C=O) groups is 1. The Hall–Kier alpha value is -2.86. The fourth-order valence-corrected chi connectivity index (χ4v) is 3.65. The summed E-state index contributed by atoms with van der Waals surface area (Å²) in [5.74, 6) is 1.40. The molecular weight excluding hydrogens is 348 g/mol. The molecule has 2 heterocycles. The first-order valence-corrected chi connectivity index (χ1v) is 9.22. The first-order chi connectivity index (χ1) is 12.7. The highest BCUT2D eigenvalue weighted by Crippen LogP contribution is 2.29. The van der Waals surface area contributed by atoms with E-state index in [2.05, 4.69) is 10.3 Å². The molecule has 0 bridgehead atoms. The van der Waals surface area contributed by atoms with Crippen molar-refractivity contribution in [1.82, 2.24) is 4.98 Å². The van der Waals surface area contributed by atoms with Gasteiger partial charge in [0, 0.05) is 10.9 Å². The van der Waals surface area contributed by atoms with Gasteiger partial charge in [-0.05, 0) is 42.3 Å². The Balaban J connectivity index is 1.43. The molecule has 1 amide bonds. The van der Waals surface area contributed by atoms with Crippen LogP contribution in [0.15, 0.2) is 53.9 Å². The number of amides is 1. The minimum Gasteiger partial charge on any atom is -0.497 e. The molecule has 0 fully saturated rings. The van der Waals surface area contributed by atoms with Crippen LogP contribution in [0.25, 0.3) is 11.3 Å². The second-order valence-corrected chi connectivity index (χ2v) is 6.93. The lowest BCUT2D eigenvalue weighted by atomic mass is 9.96. The molecule has 1 aliphatic rings. The normalized spacial score (nSPS) is 15.7. The lowest BCUT2D eigenvalue weighted by molar-refractivity contribution is -0.121. The zero-order chi connectivity index (χ0) is 17.9. The lowest BCUT2D eigenvalue weighted by Gasteiger charge is -2.24. The predicted molar refractivity (Wildman–Crippen MR) is 102 cm³/mol. The molecule has 0 spiro atoms. The number of hydrogen-bond donors (Lipinski definition) is 1. The standard InChI is InChI=1S/C20H18N2O3S/c1-24-16-8-6-13(7-9-16)17-12-26-20(21-17)22-19(23)15-10-14-4-2-3-5-18(14)25-11-15/h2-9,12,15H,10-11H2,1H3,(H,21,22,23)/t15-/m1/s1. The summed E-state index contributed by atoms with van der Waals surface area (Å²) in [6, 6.07) is 15.5. The summed E-state index contributed by atoms with van der Waals surface area (Å²) < 4.78 is 10.9. The van der Waals surface area contributed by atoms with Crippen LogP contribution in [0, 0.1) is 5.92 Å². The monoisotopic (exact) mass is 366 g/mol. The van der Waals surface area contributed by atoms with E-state index in [0.717, 1.165) is 28.3 Å². The fourth-order valence-electron chi connectivity index (χ4n) is 2.93. The number of nitrogens with zero attached hydrogens (tertiary/aromatic N) is 1. The van der Waals surface area contributed by atoms with Gasteiger partial charge < -0.3 is 14.8 Å². The van der Waals surface area contributed by atoms with Gasteiger partial charge in [0.2, 0.25) is 5.91 Å². The number of thiazole rings is 1. The molecule has 0 saturated heterocycles. The average Bonchev–Trinajstić information content (AvgIpc) is 3.16. The number of benzene rings is 2. The molecule has 6 heteroatoms. The van der Waals surface area contributed by atoms with E-state index in [1.165, 1.54) is 11.3 Å². The zero-order valence-corrected chi connectivity index (χ0v) is 15.1. The van der Waals surface area contributed by atoms with Crippen LogP contribution in [0.5, 0.6) is 11.5 Å². The van der Waals surface area contributed by atoms with Gasteiger partial charge in [-0.1, -0.05) is 18.2 Å². The maximum Gasteiger partial charge on any atom is 0.233 e. The lowest BCUT2D eigenvalue weighted by Crippen LogP contribution is -2.32. The largest absolute Gasteiger partial charge is 0.497 e. The van der Waals surface area contributed by atoms with Crippen molar-refractivity contribution >= 4 is 22.4 Å². The van der Waals surface area contributed by atoms with Crippen molar-refractivity contribution in [2.45, 2.75) is 6.42 Å². The van der Waals surface area contributed by atoms with Gasteiger partial charge in [0.15, 0.2) is 5.13 Å². The Labute approximate surface area is 155 Å². The number of carbonyl (C=O) groups excluding carboxylic acids is 1. The van der Waals surface area contributed by atoms with Crippen molar-refractivity contribution in [3.8, 4) is 22.8 Å². The fraction of sp³-hybridized carbons (Fsp3) is 0.200. The van der Waals surface area contributed by atoms with Gasteiger partial charge in [-0.3, -0.25) is 4.79 Å². The summed E-state index contributed by atoms with van der Waals surface area (Å²) in [5.41, 5.74) is 2.88. The highest BCUT2D eigenvalue weighted by molar-refractivity contribution is 7.14. The van der Waals surface area contributed by atoms with Crippen molar-refractivity contribution < 1.29 is 14.3 Å². The number of rotatable bonds is 4. The Morgan fingerprint density at radius 3 is 2.85 bits per heavy atom. The quantitative estimate of drug-likeness (QED) is 0.758. The molecule has 0 aliphatic carbocycles. The van der Waals surface area contributed by atoms with Crippen LogP contribution in [-0.2, 0) is 11.2 Å². The van der Waals surface area contributed by atoms with Gasteiger partial charge in [-0.15, -0.1) is 11.3 Å². The van der Waals surface area contributed by atoms with Gasteiger partial charge in [0.25, 0.3) is 0 Å². The topological polar surface area (TPSA) is 60.5 Å². The number of methoxy groups -OCH3 is 1. The van der Waals surface area contributed by atoms with E-state index in [9.17, 15) is 4.79 Å². The Morgan fingerprint density at radius 2 is 2.04 bits per heavy atom. The first kappa shape index (κ1) is 16.6. The molecule has 5 nitrogen and oxygen atoms in total. The second-order valence-electron chi connectivity index (χ2n) is 6.08. The van der Waals surface area contributed by atoms with Crippen molar-refractivity contribution in [2.75, 3.05) is 19.0 Å².